The van der Waals surface area contributed by atoms with E-state index in [1.807, 2.05) is 24.3 Å². The van der Waals surface area contributed by atoms with E-state index < -0.39 is 0 Å². The van der Waals surface area contributed by atoms with E-state index >= 15 is 0 Å². The molecule has 0 fully saturated rings. The second-order valence-electron chi connectivity index (χ2n) is 6.13. The molecule has 4 nitrogen and oxygen atoms in total. The van der Waals surface area contributed by atoms with Gasteiger partial charge in [0.2, 0.25) is 5.91 Å². The maximum absolute atomic E-state index is 12.1. The highest BCUT2D eigenvalue weighted by molar-refractivity contribution is 5.81. The first-order chi connectivity index (χ1) is 11.8. The fraction of sp³-hybridized carbons (Fsp3) is 0.350. The molecule has 0 saturated carbocycles. The number of amides is 1. The van der Waals surface area contributed by atoms with E-state index in [0.29, 0.717) is 13.1 Å². The maximum atomic E-state index is 12.1. The fourth-order valence-corrected chi connectivity index (χ4v) is 3.13. The van der Waals surface area contributed by atoms with E-state index in [0.717, 1.165) is 29.8 Å². The first-order valence-corrected chi connectivity index (χ1v) is 8.50. The van der Waals surface area contributed by atoms with Crippen molar-refractivity contribution >= 4 is 11.6 Å². The Kier molecular flexibility index (Phi) is 5.36. The van der Waals surface area contributed by atoms with Gasteiger partial charge in [-0.25, -0.2) is 0 Å². The van der Waals surface area contributed by atoms with Crippen LogP contribution in [0, 0.1) is 0 Å². The Labute approximate surface area is 143 Å². The van der Waals surface area contributed by atoms with Gasteiger partial charge in [0.25, 0.3) is 0 Å². The lowest BCUT2D eigenvalue weighted by Crippen LogP contribution is -2.29. The van der Waals surface area contributed by atoms with Crippen LogP contribution in [0.15, 0.2) is 42.5 Å². The Hall–Kier alpha value is -2.49. The fourth-order valence-electron chi connectivity index (χ4n) is 3.13. The average molecular weight is 324 g/mol. The van der Waals surface area contributed by atoms with Gasteiger partial charge in [-0.2, -0.15) is 0 Å². The normalized spacial score (nSPS) is 13.0. The van der Waals surface area contributed by atoms with Gasteiger partial charge in [0.15, 0.2) is 0 Å². The van der Waals surface area contributed by atoms with Gasteiger partial charge >= 0.3 is 0 Å². The summed E-state index contributed by atoms with van der Waals surface area (Å²) in [5.74, 6) is 0.819. The summed E-state index contributed by atoms with van der Waals surface area (Å²) in [4.78, 5) is 12.1. The molecule has 2 aromatic carbocycles. The van der Waals surface area contributed by atoms with Gasteiger partial charge < -0.3 is 15.4 Å². The third-order valence-corrected chi connectivity index (χ3v) is 4.48. The van der Waals surface area contributed by atoms with Gasteiger partial charge in [-0.3, -0.25) is 4.79 Å². The Balaban J connectivity index is 1.50. The monoisotopic (exact) mass is 324 g/mol. The lowest BCUT2D eigenvalue weighted by atomic mass is 9.90. The van der Waals surface area contributed by atoms with Gasteiger partial charge in [-0.05, 0) is 60.6 Å². The predicted octanol–water partition coefficient (Wildman–Crippen LogP) is 3.30. The van der Waals surface area contributed by atoms with Gasteiger partial charge in [0.1, 0.15) is 5.75 Å². The molecule has 0 aliphatic heterocycles. The van der Waals surface area contributed by atoms with Gasteiger partial charge in [-0.1, -0.05) is 24.3 Å². The number of fused-ring (bicyclic) bond motifs is 1. The molecular weight excluding hydrogens is 300 g/mol. The number of hydrogen-bond donors (Lipinski definition) is 2. The number of aryl methyl sites for hydroxylation is 1. The van der Waals surface area contributed by atoms with Crippen molar-refractivity contribution < 1.29 is 9.53 Å². The number of ether oxygens (including phenoxy) is 1. The SMILES string of the molecule is COc1ccc(CNC(=O)CNc2cccc3c2CCCC3)cc1. The summed E-state index contributed by atoms with van der Waals surface area (Å²) in [5.41, 5.74) is 4.96. The standard InChI is InChI=1S/C20H24N2O2/c1-24-17-11-9-15(10-12-17)13-22-20(23)14-21-19-8-4-6-16-5-2-3-7-18(16)19/h4,6,8-12,21H,2-3,5,7,13-14H2,1H3,(H,22,23). The number of methoxy groups -OCH3 is 1. The van der Waals surface area contributed by atoms with Crippen LogP contribution in [-0.2, 0) is 24.2 Å². The van der Waals surface area contributed by atoms with Crippen LogP contribution in [-0.4, -0.2) is 19.6 Å². The van der Waals surface area contributed by atoms with E-state index in [9.17, 15) is 4.79 Å². The van der Waals surface area contributed by atoms with Crippen LogP contribution < -0.4 is 15.4 Å². The number of carbonyl (C=O) groups is 1. The third-order valence-electron chi connectivity index (χ3n) is 4.48. The third kappa shape index (κ3) is 4.07. The van der Waals surface area contributed by atoms with Crippen molar-refractivity contribution in [1.29, 1.82) is 0 Å². The van der Waals surface area contributed by atoms with Gasteiger partial charge in [0, 0.05) is 12.2 Å². The van der Waals surface area contributed by atoms with E-state index in [1.165, 1.54) is 24.0 Å². The number of rotatable bonds is 6. The van der Waals surface area contributed by atoms with E-state index in [1.54, 1.807) is 7.11 Å². The number of hydrogen-bond acceptors (Lipinski definition) is 3. The van der Waals surface area contributed by atoms with Crippen LogP contribution in [0.4, 0.5) is 5.69 Å². The zero-order valence-corrected chi connectivity index (χ0v) is 14.1. The smallest absolute Gasteiger partial charge is 0.239 e. The Bertz CT molecular complexity index is 695. The van der Waals surface area contributed by atoms with Crippen molar-refractivity contribution in [2.75, 3.05) is 19.0 Å². The largest absolute Gasteiger partial charge is 0.497 e. The first kappa shape index (κ1) is 16.4. The Morgan fingerprint density at radius 2 is 1.88 bits per heavy atom. The lowest BCUT2D eigenvalue weighted by molar-refractivity contribution is -0.119. The van der Waals surface area contributed by atoms with E-state index in [2.05, 4.69) is 28.8 Å². The number of benzene rings is 2. The molecule has 0 heterocycles. The summed E-state index contributed by atoms with van der Waals surface area (Å²) >= 11 is 0. The molecule has 126 valence electrons. The molecule has 0 radical (unpaired) electrons. The minimum atomic E-state index is -0.000712. The molecule has 0 atom stereocenters. The summed E-state index contributed by atoms with van der Waals surface area (Å²) in [6.07, 6.45) is 4.74. The molecule has 2 N–H and O–H groups in total. The molecule has 4 heteroatoms. The minimum Gasteiger partial charge on any atom is -0.497 e. The summed E-state index contributed by atoms with van der Waals surface area (Å²) < 4.78 is 5.13. The molecule has 1 aliphatic rings. The molecular formula is C20H24N2O2. The Morgan fingerprint density at radius 1 is 1.08 bits per heavy atom. The van der Waals surface area contributed by atoms with Crippen molar-refractivity contribution in [2.24, 2.45) is 0 Å². The predicted molar refractivity (Wildman–Crippen MR) is 96.4 cm³/mol. The zero-order chi connectivity index (χ0) is 16.8. The second kappa shape index (κ2) is 7.86. The highest BCUT2D eigenvalue weighted by atomic mass is 16.5. The number of anilines is 1. The van der Waals surface area contributed by atoms with Crippen molar-refractivity contribution in [3.8, 4) is 5.75 Å². The summed E-state index contributed by atoms with van der Waals surface area (Å²) in [5, 5.41) is 6.24. The highest BCUT2D eigenvalue weighted by Crippen LogP contribution is 2.27. The maximum Gasteiger partial charge on any atom is 0.239 e. The molecule has 2 aromatic rings. The van der Waals surface area contributed by atoms with Crippen LogP contribution in [0.2, 0.25) is 0 Å². The van der Waals surface area contributed by atoms with Gasteiger partial charge in [-0.15, -0.1) is 0 Å². The first-order valence-electron chi connectivity index (χ1n) is 8.50. The van der Waals surface area contributed by atoms with Crippen LogP contribution in [0.25, 0.3) is 0 Å². The summed E-state index contributed by atoms with van der Waals surface area (Å²) in [7, 11) is 1.64. The van der Waals surface area contributed by atoms with Crippen LogP contribution in [0.1, 0.15) is 29.5 Å². The molecule has 0 saturated heterocycles. The zero-order valence-electron chi connectivity index (χ0n) is 14.1. The lowest BCUT2D eigenvalue weighted by Gasteiger charge is -2.20. The average Bonchev–Trinajstić information content (AvgIpc) is 2.65. The molecule has 0 bridgehead atoms. The highest BCUT2D eigenvalue weighted by Gasteiger charge is 2.13. The molecule has 3 rings (SSSR count). The number of carbonyl (C=O) groups excluding carboxylic acids is 1. The molecule has 1 aliphatic carbocycles. The van der Waals surface area contributed by atoms with Crippen molar-refractivity contribution in [2.45, 2.75) is 32.2 Å². The molecule has 0 aromatic heterocycles. The van der Waals surface area contributed by atoms with Crippen LogP contribution >= 0.6 is 0 Å². The Morgan fingerprint density at radius 3 is 2.67 bits per heavy atom. The van der Waals surface area contributed by atoms with Crippen LogP contribution in [0.3, 0.4) is 0 Å². The topological polar surface area (TPSA) is 50.4 Å². The molecule has 0 unspecified atom stereocenters. The van der Waals surface area contributed by atoms with Crippen LogP contribution in [0.5, 0.6) is 5.75 Å². The van der Waals surface area contributed by atoms with Crippen molar-refractivity contribution in [3.63, 3.8) is 0 Å². The summed E-state index contributed by atoms with van der Waals surface area (Å²) in [6.45, 7) is 0.823. The molecule has 1 amide bonds. The molecule has 0 spiro atoms. The second-order valence-corrected chi connectivity index (χ2v) is 6.13. The van der Waals surface area contributed by atoms with Gasteiger partial charge in [0.05, 0.1) is 13.7 Å². The van der Waals surface area contributed by atoms with E-state index in [4.69, 9.17) is 4.74 Å². The van der Waals surface area contributed by atoms with Crippen molar-refractivity contribution in [1.82, 2.24) is 5.32 Å². The number of nitrogens with one attached hydrogen (secondary N) is 2. The van der Waals surface area contributed by atoms with Crippen molar-refractivity contribution in [3.05, 3.63) is 59.2 Å². The molecule has 24 heavy (non-hydrogen) atoms. The quantitative estimate of drug-likeness (QED) is 0.857. The van der Waals surface area contributed by atoms with E-state index in [-0.39, 0.29) is 5.91 Å². The minimum absolute atomic E-state index is 0.000712. The summed E-state index contributed by atoms with van der Waals surface area (Å²) in [6, 6.07) is 14.1.